The van der Waals surface area contributed by atoms with Crippen LogP contribution in [0.2, 0.25) is 0 Å². The Morgan fingerprint density at radius 2 is 1.81 bits per heavy atom. The number of alkyl halides is 2. The summed E-state index contributed by atoms with van der Waals surface area (Å²) in [6.45, 7) is 6.25. The molecule has 0 bridgehead atoms. The SMILES string of the molecule is CC(C)(C)C1N=CC=CN1c1c(-c2ncccc2F)ccnc1C1CCC(F)(F)CC1. The fourth-order valence-electron chi connectivity index (χ4n) is 4.38. The van der Waals surface area contributed by atoms with Crippen molar-refractivity contribution in [1.29, 1.82) is 0 Å². The standard InChI is InChI=1S/C24H27F3N4/c1-23(2,3)22-30-13-5-15-31(22)21-17(20-18(25)6-4-12-28-20)9-14-29-19(21)16-7-10-24(26,27)11-8-16/h4-6,9,12-16,22H,7-8,10-11H2,1-3H3. The molecule has 1 atom stereocenters. The number of aromatic nitrogens is 2. The molecule has 31 heavy (non-hydrogen) atoms. The van der Waals surface area contributed by atoms with Crippen LogP contribution < -0.4 is 4.90 Å². The van der Waals surface area contributed by atoms with E-state index in [0.29, 0.717) is 29.8 Å². The topological polar surface area (TPSA) is 41.4 Å². The summed E-state index contributed by atoms with van der Waals surface area (Å²) in [6, 6.07) is 4.67. The molecule has 1 unspecified atom stereocenters. The monoisotopic (exact) mass is 428 g/mol. The molecule has 0 amide bonds. The van der Waals surface area contributed by atoms with E-state index in [9.17, 15) is 13.2 Å². The zero-order chi connectivity index (χ0) is 22.2. The van der Waals surface area contributed by atoms with Gasteiger partial charge in [0.2, 0.25) is 5.92 Å². The van der Waals surface area contributed by atoms with Crippen LogP contribution in [0.25, 0.3) is 11.3 Å². The summed E-state index contributed by atoms with van der Waals surface area (Å²) in [5.74, 6) is -3.21. The summed E-state index contributed by atoms with van der Waals surface area (Å²) in [4.78, 5) is 15.6. The van der Waals surface area contributed by atoms with Gasteiger partial charge in [-0.3, -0.25) is 15.0 Å². The molecule has 1 aliphatic carbocycles. The first-order valence-electron chi connectivity index (χ1n) is 10.6. The van der Waals surface area contributed by atoms with E-state index in [1.807, 2.05) is 17.2 Å². The van der Waals surface area contributed by atoms with Crippen LogP contribution in [-0.2, 0) is 0 Å². The molecule has 164 valence electrons. The molecule has 1 saturated carbocycles. The van der Waals surface area contributed by atoms with Gasteiger partial charge < -0.3 is 4.90 Å². The van der Waals surface area contributed by atoms with Crippen molar-refractivity contribution in [2.24, 2.45) is 10.4 Å². The average Bonchev–Trinajstić information content (AvgIpc) is 2.73. The van der Waals surface area contributed by atoms with E-state index in [-0.39, 0.29) is 36.0 Å². The van der Waals surface area contributed by atoms with Gasteiger partial charge >= 0.3 is 0 Å². The van der Waals surface area contributed by atoms with Crippen LogP contribution in [0.3, 0.4) is 0 Å². The van der Waals surface area contributed by atoms with E-state index in [1.165, 1.54) is 6.07 Å². The highest BCUT2D eigenvalue weighted by atomic mass is 19.3. The number of anilines is 1. The van der Waals surface area contributed by atoms with Gasteiger partial charge in [-0.15, -0.1) is 0 Å². The van der Waals surface area contributed by atoms with E-state index >= 15 is 0 Å². The number of halogens is 3. The smallest absolute Gasteiger partial charge is 0.248 e. The minimum Gasteiger partial charge on any atom is -0.323 e. The largest absolute Gasteiger partial charge is 0.323 e. The molecule has 4 nitrogen and oxygen atoms in total. The molecule has 0 spiro atoms. The van der Waals surface area contributed by atoms with Crippen molar-refractivity contribution in [3.8, 4) is 11.3 Å². The molecule has 0 saturated heterocycles. The first kappa shape index (κ1) is 21.5. The van der Waals surface area contributed by atoms with Gasteiger partial charge in [0, 0.05) is 54.5 Å². The van der Waals surface area contributed by atoms with Crippen LogP contribution >= 0.6 is 0 Å². The highest BCUT2D eigenvalue weighted by molar-refractivity contribution is 5.82. The van der Waals surface area contributed by atoms with Gasteiger partial charge in [-0.05, 0) is 37.1 Å². The van der Waals surface area contributed by atoms with Crippen molar-refractivity contribution in [2.75, 3.05) is 4.90 Å². The third-order valence-electron chi connectivity index (χ3n) is 5.93. The lowest BCUT2D eigenvalue weighted by Crippen LogP contribution is -2.42. The van der Waals surface area contributed by atoms with Crippen molar-refractivity contribution in [1.82, 2.24) is 9.97 Å². The summed E-state index contributed by atoms with van der Waals surface area (Å²) in [6.07, 6.45) is 8.74. The zero-order valence-corrected chi connectivity index (χ0v) is 18.0. The average molecular weight is 429 g/mol. The number of hydrogen-bond acceptors (Lipinski definition) is 4. The van der Waals surface area contributed by atoms with Gasteiger partial charge in [0.25, 0.3) is 0 Å². The predicted octanol–water partition coefficient (Wildman–Crippen LogP) is 6.35. The van der Waals surface area contributed by atoms with Gasteiger partial charge in [-0.1, -0.05) is 20.8 Å². The Balaban J connectivity index is 1.89. The maximum absolute atomic E-state index is 14.8. The Hall–Kier alpha value is -2.70. The predicted molar refractivity (Wildman–Crippen MR) is 117 cm³/mol. The van der Waals surface area contributed by atoms with Gasteiger partial charge in [0.05, 0.1) is 11.4 Å². The number of pyridine rings is 2. The van der Waals surface area contributed by atoms with Crippen LogP contribution in [0.5, 0.6) is 0 Å². The summed E-state index contributed by atoms with van der Waals surface area (Å²) < 4.78 is 42.5. The first-order valence-corrected chi connectivity index (χ1v) is 10.6. The minimum atomic E-state index is -2.63. The molecule has 1 fully saturated rings. The highest BCUT2D eigenvalue weighted by Crippen LogP contribution is 2.47. The zero-order valence-electron chi connectivity index (χ0n) is 18.0. The minimum absolute atomic E-state index is 0.138. The Morgan fingerprint density at radius 3 is 2.48 bits per heavy atom. The van der Waals surface area contributed by atoms with E-state index in [1.54, 1.807) is 30.7 Å². The fraction of sp³-hybridized carbons (Fsp3) is 0.458. The number of aliphatic imine (C=N–C) groups is 1. The van der Waals surface area contributed by atoms with Gasteiger partial charge in [-0.2, -0.15) is 0 Å². The van der Waals surface area contributed by atoms with Crippen LogP contribution in [0.1, 0.15) is 58.1 Å². The molecular weight excluding hydrogens is 401 g/mol. The second-order valence-electron chi connectivity index (χ2n) is 9.34. The fourth-order valence-corrected chi connectivity index (χ4v) is 4.38. The summed E-state index contributed by atoms with van der Waals surface area (Å²) >= 11 is 0. The van der Waals surface area contributed by atoms with Crippen molar-refractivity contribution < 1.29 is 13.2 Å². The Labute approximate surface area is 180 Å². The Morgan fingerprint density at radius 1 is 1.06 bits per heavy atom. The molecule has 2 aromatic rings. The maximum Gasteiger partial charge on any atom is 0.248 e. The second kappa shape index (κ2) is 8.09. The molecule has 0 radical (unpaired) electrons. The molecule has 2 aliphatic rings. The maximum atomic E-state index is 14.8. The summed E-state index contributed by atoms with van der Waals surface area (Å²) in [5, 5.41) is 0. The molecule has 7 heteroatoms. The van der Waals surface area contributed by atoms with E-state index < -0.39 is 11.7 Å². The van der Waals surface area contributed by atoms with E-state index in [4.69, 9.17) is 0 Å². The molecule has 3 heterocycles. The molecule has 2 aromatic heterocycles. The summed E-state index contributed by atoms with van der Waals surface area (Å²) in [5.41, 5.74) is 1.99. The van der Waals surface area contributed by atoms with Crippen molar-refractivity contribution in [3.05, 3.63) is 54.4 Å². The van der Waals surface area contributed by atoms with Gasteiger partial charge in [0.15, 0.2) is 0 Å². The second-order valence-corrected chi connectivity index (χ2v) is 9.34. The van der Waals surface area contributed by atoms with E-state index in [2.05, 4.69) is 35.7 Å². The van der Waals surface area contributed by atoms with Gasteiger partial charge in [-0.25, -0.2) is 13.2 Å². The molecule has 0 aromatic carbocycles. The van der Waals surface area contributed by atoms with Crippen molar-refractivity contribution in [2.45, 2.75) is 64.5 Å². The lowest BCUT2D eigenvalue weighted by molar-refractivity contribution is -0.0384. The Bertz CT molecular complexity index is 1000. The lowest BCUT2D eigenvalue weighted by Gasteiger charge is -2.40. The molecular formula is C24H27F3N4. The number of allylic oxidation sites excluding steroid dienone is 1. The highest BCUT2D eigenvalue weighted by Gasteiger charge is 2.39. The first-order chi connectivity index (χ1) is 14.7. The third kappa shape index (κ3) is 4.36. The number of nitrogens with zero attached hydrogens (tertiary/aromatic N) is 4. The molecule has 0 N–H and O–H groups in total. The van der Waals surface area contributed by atoms with Crippen LogP contribution in [0.15, 0.2) is 47.9 Å². The normalized spacial score (nSPS) is 21.5. The molecule has 1 aliphatic heterocycles. The summed E-state index contributed by atoms with van der Waals surface area (Å²) in [7, 11) is 0. The third-order valence-corrected chi connectivity index (χ3v) is 5.93. The van der Waals surface area contributed by atoms with Gasteiger partial charge in [0.1, 0.15) is 17.7 Å². The van der Waals surface area contributed by atoms with Crippen LogP contribution in [-0.4, -0.2) is 28.3 Å². The van der Waals surface area contributed by atoms with Crippen LogP contribution in [0, 0.1) is 11.2 Å². The van der Waals surface area contributed by atoms with E-state index in [0.717, 1.165) is 0 Å². The van der Waals surface area contributed by atoms with Crippen LogP contribution in [0.4, 0.5) is 18.9 Å². The van der Waals surface area contributed by atoms with Crippen molar-refractivity contribution >= 4 is 11.9 Å². The number of hydrogen-bond donors (Lipinski definition) is 0. The lowest BCUT2D eigenvalue weighted by atomic mass is 9.82. The quantitative estimate of drug-likeness (QED) is 0.572. The number of rotatable bonds is 3. The molecule has 4 rings (SSSR count). The van der Waals surface area contributed by atoms with Crippen molar-refractivity contribution in [3.63, 3.8) is 0 Å². The Kier molecular flexibility index (Phi) is 5.62.